The van der Waals surface area contributed by atoms with Gasteiger partial charge < -0.3 is 9.84 Å². The van der Waals surface area contributed by atoms with Crippen LogP contribution in [0.1, 0.15) is 39.7 Å². The van der Waals surface area contributed by atoms with Crippen LogP contribution >= 0.6 is 15.9 Å². The van der Waals surface area contributed by atoms with E-state index in [2.05, 4.69) is 48.6 Å². The number of ether oxygens (including phenoxy) is 1. The summed E-state index contributed by atoms with van der Waals surface area (Å²) >= 11 is 3.39. The zero-order valence-electron chi connectivity index (χ0n) is 13.1. The Morgan fingerprint density at radius 3 is 2.50 bits per heavy atom. The third-order valence-electron chi connectivity index (χ3n) is 3.39. The molecular formula is C16H26BrNO2. The maximum absolute atomic E-state index is 9.93. The predicted molar refractivity (Wildman–Crippen MR) is 87.4 cm³/mol. The average Bonchev–Trinajstić information content (AvgIpc) is 2.34. The van der Waals surface area contributed by atoms with Gasteiger partial charge in [0.25, 0.3) is 0 Å². The number of phenols is 1. The second-order valence-corrected chi connectivity index (χ2v) is 6.61. The van der Waals surface area contributed by atoms with Crippen LogP contribution < -0.4 is 4.74 Å². The zero-order chi connectivity index (χ0) is 15.3. The first-order chi connectivity index (χ1) is 9.35. The molecule has 114 valence electrons. The normalized spacial score (nSPS) is 13.0. The molecule has 4 heteroatoms. The first-order valence-corrected chi connectivity index (χ1v) is 7.98. The summed E-state index contributed by atoms with van der Waals surface area (Å²) in [4.78, 5) is 2.33. The van der Waals surface area contributed by atoms with E-state index < -0.39 is 0 Å². The average molecular weight is 344 g/mol. The lowest BCUT2D eigenvalue weighted by Gasteiger charge is -2.26. The fraction of sp³-hybridized carbons (Fsp3) is 0.625. The largest absolute Gasteiger partial charge is 0.503 e. The molecule has 0 radical (unpaired) electrons. The van der Waals surface area contributed by atoms with Gasteiger partial charge >= 0.3 is 0 Å². The van der Waals surface area contributed by atoms with Gasteiger partial charge in [-0.1, -0.05) is 13.8 Å². The Hall–Kier alpha value is -0.740. The second kappa shape index (κ2) is 7.89. The Kier molecular flexibility index (Phi) is 6.83. The number of hydrogen-bond acceptors (Lipinski definition) is 3. The molecule has 0 fully saturated rings. The van der Waals surface area contributed by atoms with Gasteiger partial charge in [0.05, 0.1) is 11.1 Å². The molecule has 1 rings (SSSR count). The Labute approximate surface area is 131 Å². The van der Waals surface area contributed by atoms with Crippen molar-refractivity contribution in [2.24, 2.45) is 5.92 Å². The van der Waals surface area contributed by atoms with Gasteiger partial charge in [-0.05, 0) is 66.9 Å². The highest BCUT2D eigenvalue weighted by Crippen LogP contribution is 2.35. The number of benzene rings is 1. The molecule has 1 unspecified atom stereocenters. The van der Waals surface area contributed by atoms with E-state index in [1.54, 1.807) is 0 Å². The highest BCUT2D eigenvalue weighted by molar-refractivity contribution is 9.10. The van der Waals surface area contributed by atoms with E-state index in [9.17, 15) is 5.11 Å². The van der Waals surface area contributed by atoms with Crippen molar-refractivity contribution < 1.29 is 9.84 Å². The molecule has 0 heterocycles. The molecule has 0 saturated carbocycles. The smallest absolute Gasteiger partial charge is 0.172 e. The summed E-state index contributed by atoms with van der Waals surface area (Å²) < 4.78 is 6.15. The van der Waals surface area contributed by atoms with Crippen LogP contribution in [0.3, 0.4) is 0 Å². The molecule has 20 heavy (non-hydrogen) atoms. The van der Waals surface area contributed by atoms with Gasteiger partial charge in [0, 0.05) is 12.6 Å². The molecule has 0 amide bonds. The SMILES string of the molecule is CCOc1cc(CN(C)C(C)CC(C)C)cc(Br)c1O. The summed E-state index contributed by atoms with van der Waals surface area (Å²) in [6.07, 6.45) is 1.17. The molecule has 1 atom stereocenters. The quantitative estimate of drug-likeness (QED) is 0.795. The molecular weight excluding hydrogens is 318 g/mol. The Morgan fingerprint density at radius 1 is 1.30 bits per heavy atom. The van der Waals surface area contributed by atoms with E-state index in [0.717, 1.165) is 12.1 Å². The van der Waals surface area contributed by atoms with Gasteiger partial charge in [0.15, 0.2) is 11.5 Å². The molecule has 0 aliphatic rings. The second-order valence-electron chi connectivity index (χ2n) is 5.75. The van der Waals surface area contributed by atoms with E-state index in [0.29, 0.717) is 28.8 Å². The van der Waals surface area contributed by atoms with Crippen LogP contribution in [-0.2, 0) is 6.54 Å². The maximum atomic E-state index is 9.93. The predicted octanol–water partition coefficient (Wildman–Crippen LogP) is 4.42. The number of halogens is 1. The van der Waals surface area contributed by atoms with Crippen molar-refractivity contribution in [3.05, 3.63) is 22.2 Å². The first kappa shape index (κ1) is 17.3. The van der Waals surface area contributed by atoms with E-state index in [4.69, 9.17) is 4.74 Å². The minimum atomic E-state index is 0.175. The summed E-state index contributed by atoms with van der Waals surface area (Å²) in [6, 6.07) is 4.40. The third kappa shape index (κ3) is 4.98. The van der Waals surface area contributed by atoms with Gasteiger partial charge in [-0.25, -0.2) is 0 Å². The van der Waals surface area contributed by atoms with Gasteiger partial charge in [0.2, 0.25) is 0 Å². The monoisotopic (exact) mass is 343 g/mol. The van der Waals surface area contributed by atoms with E-state index in [1.807, 2.05) is 19.1 Å². The van der Waals surface area contributed by atoms with Crippen molar-refractivity contribution in [3.8, 4) is 11.5 Å². The number of phenolic OH excluding ortho intramolecular Hbond substituents is 1. The molecule has 0 saturated heterocycles. The fourth-order valence-corrected chi connectivity index (χ4v) is 2.78. The maximum Gasteiger partial charge on any atom is 0.172 e. The van der Waals surface area contributed by atoms with Gasteiger partial charge in [-0.15, -0.1) is 0 Å². The molecule has 0 aliphatic heterocycles. The molecule has 0 bridgehead atoms. The molecule has 0 spiro atoms. The molecule has 0 aromatic heterocycles. The Bertz CT molecular complexity index is 435. The van der Waals surface area contributed by atoms with E-state index in [1.165, 1.54) is 6.42 Å². The fourth-order valence-electron chi connectivity index (χ4n) is 2.29. The van der Waals surface area contributed by atoms with Crippen molar-refractivity contribution in [2.45, 2.75) is 46.7 Å². The first-order valence-electron chi connectivity index (χ1n) is 7.19. The summed E-state index contributed by atoms with van der Waals surface area (Å²) in [5.41, 5.74) is 1.14. The van der Waals surface area contributed by atoms with Crippen molar-refractivity contribution in [2.75, 3.05) is 13.7 Å². The van der Waals surface area contributed by atoms with Crippen molar-refractivity contribution >= 4 is 15.9 Å². The Morgan fingerprint density at radius 2 is 1.95 bits per heavy atom. The van der Waals surface area contributed by atoms with Crippen LogP contribution in [0.5, 0.6) is 11.5 Å². The summed E-state index contributed by atoms with van der Waals surface area (Å²) in [6.45, 7) is 10.0. The van der Waals surface area contributed by atoms with Crippen LogP contribution in [0.2, 0.25) is 0 Å². The topological polar surface area (TPSA) is 32.7 Å². The number of rotatable bonds is 7. The lowest BCUT2D eigenvalue weighted by atomic mass is 10.0. The minimum absolute atomic E-state index is 0.175. The van der Waals surface area contributed by atoms with Crippen molar-refractivity contribution in [3.63, 3.8) is 0 Å². The number of nitrogens with zero attached hydrogens (tertiary/aromatic N) is 1. The molecule has 0 aliphatic carbocycles. The molecule has 1 N–H and O–H groups in total. The minimum Gasteiger partial charge on any atom is -0.503 e. The number of aromatic hydroxyl groups is 1. The summed E-state index contributed by atoms with van der Waals surface area (Å²) in [5, 5.41) is 9.93. The van der Waals surface area contributed by atoms with Crippen molar-refractivity contribution in [1.82, 2.24) is 4.90 Å². The number of hydrogen-bond donors (Lipinski definition) is 1. The van der Waals surface area contributed by atoms with Gasteiger partial charge in [0.1, 0.15) is 0 Å². The lowest BCUT2D eigenvalue weighted by Crippen LogP contribution is -2.29. The van der Waals surface area contributed by atoms with E-state index >= 15 is 0 Å². The van der Waals surface area contributed by atoms with Crippen LogP contribution in [-0.4, -0.2) is 29.7 Å². The van der Waals surface area contributed by atoms with Crippen LogP contribution in [0.25, 0.3) is 0 Å². The molecule has 3 nitrogen and oxygen atoms in total. The zero-order valence-corrected chi connectivity index (χ0v) is 14.7. The standard InChI is InChI=1S/C16H26BrNO2/c1-6-20-15-9-13(8-14(17)16(15)19)10-18(5)12(4)7-11(2)3/h8-9,11-12,19H,6-7,10H2,1-5H3. The lowest BCUT2D eigenvalue weighted by molar-refractivity contribution is 0.220. The highest BCUT2D eigenvalue weighted by atomic mass is 79.9. The van der Waals surface area contributed by atoms with Gasteiger partial charge in [-0.3, -0.25) is 4.90 Å². The Balaban J connectivity index is 2.81. The van der Waals surface area contributed by atoms with Crippen molar-refractivity contribution in [1.29, 1.82) is 0 Å². The summed E-state index contributed by atoms with van der Waals surface area (Å²) in [5.74, 6) is 1.41. The highest BCUT2D eigenvalue weighted by Gasteiger charge is 2.14. The van der Waals surface area contributed by atoms with Crippen LogP contribution in [0.15, 0.2) is 16.6 Å². The van der Waals surface area contributed by atoms with Gasteiger partial charge in [-0.2, -0.15) is 0 Å². The van der Waals surface area contributed by atoms with Crippen LogP contribution in [0, 0.1) is 5.92 Å². The molecule has 1 aromatic rings. The third-order valence-corrected chi connectivity index (χ3v) is 3.99. The molecule has 1 aromatic carbocycles. The van der Waals surface area contributed by atoms with Crippen LogP contribution in [0.4, 0.5) is 0 Å². The van der Waals surface area contributed by atoms with E-state index in [-0.39, 0.29) is 5.75 Å². The summed E-state index contributed by atoms with van der Waals surface area (Å²) in [7, 11) is 2.13.